The van der Waals surface area contributed by atoms with E-state index in [1.807, 2.05) is 0 Å². The van der Waals surface area contributed by atoms with E-state index < -0.39 is 17.5 Å². The van der Waals surface area contributed by atoms with Gasteiger partial charge >= 0.3 is 6.03 Å². The number of nitrogens with one attached hydrogen (secondary N) is 1. The van der Waals surface area contributed by atoms with Crippen molar-refractivity contribution in [1.29, 1.82) is 0 Å². The van der Waals surface area contributed by atoms with Crippen molar-refractivity contribution in [1.82, 2.24) is 9.74 Å². The number of rotatable bonds is 1. The van der Waals surface area contributed by atoms with Crippen LogP contribution < -0.4 is 5.32 Å². The smallest absolute Gasteiger partial charge is 0.275 e. The third-order valence-electron chi connectivity index (χ3n) is 1.69. The third kappa shape index (κ3) is 1.25. The Morgan fingerprint density at radius 2 is 2.08 bits per heavy atom. The molecule has 1 N–H and O–H groups in total. The zero-order valence-electron chi connectivity index (χ0n) is 5.97. The minimum atomic E-state index is -1.08. The molecule has 0 aromatic carbocycles. The van der Waals surface area contributed by atoms with Crippen LogP contribution in [0.4, 0.5) is 4.79 Å². The molecule has 12 heavy (non-hydrogen) atoms. The van der Waals surface area contributed by atoms with E-state index in [4.69, 9.17) is 11.8 Å². The summed E-state index contributed by atoms with van der Waals surface area (Å²) in [5.74, 6) is -0.429. The lowest BCUT2D eigenvalue weighted by molar-refractivity contribution is -0.123. The highest BCUT2D eigenvalue weighted by molar-refractivity contribution is 9.24. The molecule has 0 saturated carbocycles. The molecule has 0 radical (unpaired) electrons. The van der Waals surface area contributed by atoms with Crippen LogP contribution in [0.15, 0.2) is 0 Å². The van der Waals surface area contributed by atoms with E-state index in [1.54, 1.807) is 6.92 Å². The maximum Gasteiger partial charge on any atom is 0.339 e. The molecule has 1 fully saturated rings. The molecule has 0 aromatic heterocycles. The Morgan fingerprint density at radius 1 is 1.58 bits per heavy atom. The fourth-order valence-electron chi connectivity index (χ4n) is 0.758. The molecule has 1 aliphatic heterocycles. The maximum absolute atomic E-state index is 11.2. The summed E-state index contributed by atoms with van der Waals surface area (Å²) >= 11 is 11.9. The van der Waals surface area contributed by atoms with Crippen molar-refractivity contribution >= 4 is 55.6 Å². The number of amides is 3. The van der Waals surface area contributed by atoms with E-state index in [-0.39, 0.29) is 3.74 Å². The summed E-state index contributed by atoms with van der Waals surface area (Å²) in [7, 11) is 0. The summed E-state index contributed by atoms with van der Waals surface area (Å²) in [4.78, 5) is 22.2. The molecule has 0 spiro atoms. The Bertz CT molecular complexity index is 248. The summed E-state index contributed by atoms with van der Waals surface area (Å²) in [6.45, 7) is 1.55. The van der Waals surface area contributed by atoms with Crippen LogP contribution in [0, 0.1) is 0 Å². The number of carbonyl (C=O) groups excluding carboxylic acids is 2. The SMILES string of the molecule is CC1(C(Br)Br)C(=O)NC(=O)N1Cl. The number of halogens is 3. The number of hydrogen-bond donors (Lipinski definition) is 1. The molecule has 0 aliphatic carbocycles. The molecule has 1 atom stereocenters. The van der Waals surface area contributed by atoms with E-state index in [1.165, 1.54) is 0 Å². The lowest BCUT2D eigenvalue weighted by Gasteiger charge is -2.26. The van der Waals surface area contributed by atoms with Gasteiger partial charge in [-0.2, -0.15) is 0 Å². The zero-order chi connectivity index (χ0) is 9.52. The van der Waals surface area contributed by atoms with Crippen LogP contribution in [-0.4, -0.2) is 25.6 Å². The summed E-state index contributed by atoms with van der Waals surface area (Å²) < 4.78 is 0.449. The van der Waals surface area contributed by atoms with Gasteiger partial charge in [-0.05, 0) is 6.92 Å². The van der Waals surface area contributed by atoms with Gasteiger partial charge in [-0.1, -0.05) is 31.9 Å². The number of hydrogen-bond acceptors (Lipinski definition) is 2. The fraction of sp³-hybridized carbons (Fsp3) is 0.600. The molecule has 1 aliphatic rings. The van der Waals surface area contributed by atoms with Gasteiger partial charge in [-0.25, -0.2) is 9.21 Å². The Hall–Kier alpha value is 0.190. The Kier molecular flexibility index (Phi) is 2.70. The second kappa shape index (κ2) is 3.16. The second-order valence-corrected chi connectivity index (χ2v) is 5.89. The molecule has 1 rings (SSSR count). The van der Waals surface area contributed by atoms with Crippen LogP contribution in [0.25, 0.3) is 0 Å². The molecule has 1 heterocycles. The van der Waals surface area contributed by atoms with Crippen molar-refractivity contribution in [2.24, 2.45) is 0 Å². The third-order valence-corrected chi connectivity index (χ3v) is 3.98. The number of imide groups is 1. The van der Waals surface area contributed by atoms with E-state index in [0.29, 0.717) is 0 Å². The first-order valence-electron chi connectivity index (χ1n) is 3.00. The van der Waals surface area contributed by atoms with Gasteiger partial charge in [0.2, 0.25) is 0 Å². The summed E-state index contributed by atoms with van der Waals surface area (Å²) in [5.41, 5.74) is -1.08. The average Bonchev–Trinajstić information content (AvgIpc) is 2.16. The molecule has 68 valence electrons. The van der Waals surface area contributed by atoms with Gasteiger partial charge in [0.25, 0.3) is 5.91 Å². The molecule has 1 unspecified atom stereocenters. The van der Waals surface area contributed by atoms with Gasteiger partial charge in [0.15, 0.2) is 5.54 Å². The normalized spacial score (nSPS) is 29.9. The van der Waals surface area contributed by atoms with Gasteiger partial charge in [0.05, 0.1) is 0 Å². The highest BCUT2D eigenvalue weighted by Crippen LogP contribution is 2.34. The Morgan fingerprint density at radius 3 is 2.25 bits per heavy atom. The molecular weight excluding hydrogens is 315 g/mol. The highest BCUT2D eigenvalue weighted by atomic mass is 79.9. The minimum Gasteiger partial charge on any atom is -0.275 e. The van der Waals surface area contributed by atoms with E-state index >= 15 is 0 Å². The number of carbonyl (C=O) groups is 2. The van der Waals surface area contributed by atoms with Crippen LogP contribution in [-0.2, 0) is 4.79 Å². The van der Waals surface area contributed by atoms with E-state index in [9.17, 15) is 9.59 Å². The molecular formula is C5H5Br2ClN2O2. The van der Waals surface area contributed by atoms with Crippen molar-refractivity contribution in [3.05, 3.63) is 0 Å². The van der Waals surface area contributed by atoms with Crippen molar-refractivity contribution in [2.45, 2.75) is 16.2 Å². The monoisotopic (exact) mass is 318 g/mol. The van der Waals surface area contributed by atoms with E-state index in [0.717, 1.165) is 4.42 Å². The van der Waals surface area contributed by atoms with Gasteiger partial charge in [0, 0.05) is 11.8 Å². The molecule has 0 aromatic rings. The number of urea groups is 1. The second-order valence-electron chi connectivity index (χ2n) is 2.49. The van der Waals surface area contributed by atoms with Gasteiger partial charge in [0.1, 0.15) is 3.74 Å². The van der Waals surface area contributed by atoms with Crippen molar-refractivity contribution in [2.75, 3.05) is 0 Å². The minimum absolute atomic E-state index is 0.388. The predicted octanol–water partition coefficient (Wildman–Crippen LogP) is 1.57. The average molecular weight is 320 g/mol. The first-order chi connectivity index (χ1) is 5.40. The molecule has 1 saturated heterocycles. The Balaban J connectivity index is 3.03. The first kappa shape index (κ1) is 10.3. The lowest BCUT2D eigenvalue weighted by atomic mass is 10.1. The van der Waals surface area contributed by atoms with Gasteiger partial charge in [-0.15, -0.1) is 0 Å². The molecule has 0 bridgehead atoms. The zero-order valence-corrected chi connectivity index (χ0v) is 9.90. The van der Waals surface area contributed by atoms with Crippen LogP contribution in [0.2, 0.25) is 0 Å². The van der Waals surface area contributed by atoms with Crippen LogP contribution in [0.1, 0.15) is 6.92 Å². The topological polar surface area (TPSA) is 49.4 Å². The van der Waals surface area contributed by atoms with Gasteiger partial charge in [-0.3, -0.25) is 10.1 Å². The van der Waals surface area contributed by atoms with Gasteiger partial charge < -0.3 is 0 Å². The van der Waals surface area contributed by atoms with E-state index in [2.05, 4.69) is 37.2 Å². The Labute approximate surface area is 91.0 Å². The standard InChI is InChI=1S/C5H5Br2ClN2O2/c1-5(2(6)7)3(11)9-4(12)10(5)8/h2H,1H3,(H,9,11,12). The first-order valence-corrected chi connectivity index (χ1v) is 5.17. The lowest BCUT2D eigenvalue weighted by Crippen LogP contribution is -2.47. The predicted molar refractivity (Wildman–Crippen MR) is 51.3 cm³/mol. The molecule has 4 nitrogen and oxygen atoms in total. The number of nitrogens with zero attached hydrogens (tertiary/aromatic N) is 1. The van der Waals surface area contributed by atoms with Crippen LogP contribution >= 0.6 is 43.6 Å². The summed E-state index contributed by atoms with van der Waals surface area (Å²) in [6.07, 6.45) is 0. The van der Waals surface area contributed by atoms with Crippen LogP contribution in [0.5, 0.6) is 0 Å². The quantitative estimate of drug-likeness (QED) is 0.453. The highest BCUT2D eigenvalue weighted by Gasteiger charge is 2.53. The number of alkyl halides is 2. The molecule has 3 amide bonds. The molecule has 7 heteroatoms. The maximum atomic E-state index is 11.2. The fourth-order valence-corrected chi connectivity index (χ4v) is 2.04. The van der Waals surface area contributed by atoms with Crippen molar-refractivity contribution < 1.29 is 9.59 Å². The van der Waals surface area contributed by atoms with Crippen LogP contribution in [0.3, 0.4) is 0 Å². The van der Waals surface area contributed by atoms with Crippen molar-refractivity contribution in [3.63, 3.8) is 0 Å². The largest absolute Gasteiger partial charge is 0.339 e. The summed E-state index contributed by atoms with van der Waals surface area (Å²) in [6, 6.07) is -0.604. The van der Waals surface area contributed by atoms with Crippen molar-refractivity contribution in [3.8, 4) is 0 Å². The summed E-state index contributed by atoms with van der Waals surface area (Å²) in [5, 5.41) is 2.09.